The van der Waals surface area contributed by atoms with E-state index in [0.717, 1.165) is 11.3 Å². The first kappa shape index (κ1) is 18.8. The number of Topliss-reactive ketones (excluding diaryl/α,β-unsaturated/α-hetero) is 1. The third-order valence-corrected chi connectivity index (χ3v) is 6.53. The molecule has 27 heavy (non-hydrogen) atoms. The number of sulfone groups is 1. The molecule has 0 unspecified atom stereocenters. The molecule has 3 rings (SSSR count). The quantitative estimate of drug-likeness (QED) is 0.609. The van der Waals surface area contributed by atoms with E-state index in [1.165, 1.54) is 24.8 Å². The summed E-state index contributed by atoms with van der Waals surface area (Å²) in [6, 6.07) is 1.22. The number of benzene rings is 1. The van der Waals surface area contributed by atoms with E-state index >= 15 is 0 Å². The molecule has 0 radical (unpaired) electrons. The largest absolute Gasteiger partial charge is 0.491 e. The van der Waals surface area contributed by atoms with Crippen molar-refractivity contribution in [2.45, 2.75) is 10.1 Å². The number of hydrogen-bond donors (Lipinski definition) is 2. The maximum absolute atomic E-state index is 12.6. The Morgan fingerprint density at radius 1 is 1.33 bits per heavy atom. The van der Waals surface area contributed by atoms with E-state index in [-0.39, 0.29) is 32.7 Å². The molecule has 1 aliphatic rings. The van der Waals surface area contributed by atoms with Gasteiger partial charge in [0.2, 0.25) is 14.2 Å². The molecule has 1 aromatic carbocycles. The lowest BCUT2D eigenvalue weighted by Crippen LogP contribution is -2.21. The van der Waals surface area contributed by atoms with Gasteiger partial charge >= 0.3 is 0 Å². The van der Waals surface area contributed by atoms with Crippen LogP contribution >= 0.6 is 11.3 Å². The van der Waals surface area contributed by atoms with Gasteiger partial charge in [-0.1, -0.05) is 0 Å². The summed E-state index contributed by atoms with van der Waals surface area (Å²) in [7, 11) is -2.61. The predicted molar refractivity (Wildman–Crippen MR) is 93.6 cm³/mol. The maximum Gasteiger partial charge on any atom is 0.296 e. The number of carbonyl (C=O) groups excluding carboxylic acids is 3. The molecule has 2 amide bonds. The number of nitrogens with one attached hydrogen (secondary N) is 1. The molecule has 1 aromatic heterocycles. The Hall–Kier alpha value is -2.99. The molecule has 0 atom stereocenters. The maximum atomic E-state index is 12.6. The zero-order valence-electron chi connectivity index (χ0n) is 13.8. The fourth-order valence-electron chi connectivity index (χ4n) is 2.52. The molecular formula is C15H13N3O7S2. The molecule has 3 N–H and O–H groups in total. The summed E-state index contributed by atoms with van der Waals surface area (Å²) >= 11 is 0.931. The average molecular weight is 411 g/mol. The Morgan fingerprint density at radius 3 is 2.67 bits per heavy atom. The number of ketones is 1. The third-order valence-electron chi connectivity index (χ3n) is 3.59. The van der Waals surface area contributed by atoms with E-state index in [4.69, 9.17) is 15.2 Å². The number of thiazole rings is 1. The Kier molecular flexibility index (Phi) is 4.85. The summed E-state index contributed by atoms with van der Waals surface area (Å²) in [5, 5.41) is 3.85. The monoisotopic (exact) mass is 411 g/mol. The van der Waals surface area contributed by atoms with Gasteiger partial charge in [-0.05, 0) is 6.07 Å². The first-order valence-corrected chi connectivity index (χ1v) is 9.90. The standard InChI is InChI=1S/C15H13N3O7S2/c1-24-13-10-8(11(20)14(21)18-10)4-7(12(13)25-5-9(16)19)6-27(22,23)15-17-2-3-26-15/h2-4H,5-6H2,1H3,(H2,16,19)(H,18,20,21). The number of ether oxygens (including phenoxy) is 2. The van der Waals surface area contributed by atoms with Crippen LogP contribution in [0.15, 0.2) is 22.0 Å². The first-order chi connectivity index (χ1) is 12.7. The van der Waals surface area contributed by atoms with Crippen molar-refractivity contribution in [3.05, 3.63) is 28.8 Å². The number of fused-ring (bicyclic) bond motifs is 1. The molecule has 10 nitrogen and oxygen atoms in total. The van der Waals surface area contributed by atoms with Gasteiger partial charge in [0.15, 0.2) is 18.1 Å². The Balaban J connectivity index is 2.15. The van der Waals surface area contributed by atoms with Gasteiger partial charge in [0.25, 0.3) is 17.6 Å². The van der Waals surface area contributed by atoms with E-state index in [2.05, 4.69) is 10.3 Å². The first-order valence-electron chi connectivity index (χ1n) is 7.37. The highest BCUT2D eigenvalue weighted by Gasteiger charge is 2.35. The van der Waals surface area contributed by atoms with Crippen molar-refractivity contribution >= 4 is 44.5 Å². The van der Waals surface area contributed by atoms with Crippen LogP contribution in [0, 0.1) is 0 Å². The third kappa shape index (κ3) is 3.48. The van der Waals surface area contributed by atoms with Crippen LogP contribution in [0.3, 0.4) is 0 Å². The molecule has 0 spiro atoms. The molecule has 1 aliphatic heterocycles. The van der Waals surface area contributed by atoms with Crippen LogP contribution in [0.2, 0.25) is 0 Å². The highest BCUT2D eigenvalue weighted by atomic mass is 32.2. The van der Waals surface area contributed by atoms with E-state index in [0.29, 0.717) is 0 Å². The zero-order chi connectivity index (χ0) is 19.8. The Morgan fingerprint density at radius 2 is 2.07 bits per heavy atom. The number of amides is 2. The lowest BCUT2D eigenvalue weighted by molar-refractivity contribution is -0.120. The Labute approximate surface area is 157 Å². The molecule has 12 heteroatoms. The van der Waals surface area contributed by atoms with E-state index in [1.807, 2.05) is 0 Å². The number of anilines is 1. The predicted octanol–water partition coefficient (Wildman–Crippen LogP) is 0.124. The van der Waals surface area contributed by atoms with Gasteiger partial charge in [0, 0.05) is 17.1 Å². The van der Waals surface area contributed by atoms with Crippen molar-refractivity contribution in [2.24, 2.45) is 5.73 Å². The van der Waals surface area contributed by atoms with E-state index < -0.39 is 39.8 Å². The molecular weight excluding hydrogens is 398 g/mol. The fraction of sp³-hybridized carbons (Fsp3) is 0.200. The molecule has 0 bridgehead atoms. The van der Waals surface area contributed by atoms with Gasteiger partial charge in [-0.3, -0.25) is 14.4 Å². The van der Waals surface area contributed by atoms with Crippen molar-refractivity contribution in [1.82, 2.24) is 4.98 Å². The SMILES string of the molecule is COc1c2c(cc(CS(=O)(=O)c3nccs3)c1OCC(N)=O)C(=O)C(=O)N2. The van der Waals surface area contributed by atoms with Gasteiger partial charge in [-0.25, -0.2) is 13.4 Å². The number of nitrogens with zero attached hydrogens (tertiary/aromatic N) is 1. The minimum atomic E-state index is -3.87. The van der Waals surface area contributed by atoms with Crippen LogP contribution in [0.5, 0.6) is 11.5 Å². The van der Waals surface area contributed by atoms with Gasteiger partial charge in [0.1, 0.15) is 0 Å². The molecule has 0 saturated carbocycles. The van der Waals surface area contributed by atoms with Crippen molar-refractivity contribution in [3.63, 3.8) is 0 Å². The number of methoxy groups -OCH3 is 1. The molecule has 0 saturated heterocycles. The number of aromatic nitrogens is 1. The summed E-state index contributed by atoms with van der Waals surface area (Å²) in [5.74, 6) is -3.28. The summed E-state index contributed by atoms with van der Waals surface area (Å²) in [6.45, 7) is -0.554. The minimum Gasteiger partial charge on any atom is -0.491 e. The molecule has 142 valence electrons. The highest BCUT2D eigenvalue weighted by Crippen LogP contribution is 2.44. The average Bonchev–Trinajstić information content (AvgIpc) is 3.23. The second kappa shape index (κ2) is 6.96. The summed E-state index contributed by atoms with van der Waals surface area (Å²) in [4.78, 5) is 38.6. The van der Waals surface area contributed by atoms with Gasteiger partial charge in [0.05, 0.1) is 24.1 Å². The van der Waals surface area contributed by atoms with E-state index in [9.17, 15) is 22.8 Å². The fourth-order valence-corrected chi connectivity index (χ4v) is 4.78. The lowest BCUT2D eigenvalue weighted by Gasteiger charge is -2.17. The van der Waals surface area contributed by atoms with Gasteiger partial charge < -0.3 is 20.5 Å². The number of rotatable bonds is 7. The van der Waals surface area contributed by atoms with Crippen molar-refractivity contribution in [3.8, 4) is 11.5 Å². The zero-order valence-corrected chi connectivity index (χ0v) is 15.5. The number of nitrogens with two attached hydrogens (primary N) is 1. The smallest absolute Gasteiger partial charge is 0.296 e. The molecule has 0 aliphatic carbocycles. The van der Waals surface area contributed by atoms with Gasteiger partial charge in [-0.2, -0.15) is 0 Å². The van der Waals surface area contributed by atoms with Crippen LogP contribution in [0.1, 0.15) is 15.9 Å². The topological polar surface area (TPSA) is 155 Å². The molecule has 2 aromatic rings. The van der Waals surface area contributed by atoms with Crippen LogP contribution in [0.25, 0.3) is 0 Å². The lowest BCUT2D eigenvalue weighted by atomic mass is 10.1. The van der Waals surface area contributed by atoms with Gasteiger partial charge in [-0.15, -0.1) is 11.3 Å². The summed E-state index contributed by atoms with van der Waals surface area (Å²) in [5.41, 5.74) is 5.12. The van der Waals surface area contributed by atoms with Crippen LogP contribution in [-0.2, 0) is 25.2 Å². The van der Waals surface area contributed by atoms with Crippen LogP contribution in [0.4, 0.5) is 5.69 Å². The molecule has 2 heterocycles. The summed E-state index contributed by atoms with van der Waals surface area (Å²) < 4.78 is 35.6. The molecule has 0 fully saturated rings. The second-order valence-electron chi connectivity index (χ2n) is 5.42. The van der Waals surface area contributed by atoms with Crippen molar-refractivity contribution < 1.29 is 32.3 Å². The highest BCUT2D eigenvalue weighted by molar-refractivity contribution is 7.92. The summed E-state index contributed by atoms with van der Waals surface area (Å²) in [6.07, 6.45) is 1.34. The van der Waals surface area contributed by atoms with Crippen molar-refractivity contribution in [1.29, 1.82) is 0 Å². The van der Waals surface area contributed by atoms with E-state index in [1.54, 1.807) is 0 Å². The van der Waals surface area contributed by atoms with Crippen LogP contribution in [-0.4, -0.2) is 44.7 Å². The van der Waals surface area contributed by atoms with Crippen molar-refractivity contribution in [2.75, 3.05) is 19.0 Å². The number of carbonyl (C=O) groups is 3. The number of hydrogen-bond acceptors (Lipinski definition) is 9. The Bertz CT molecular complexity index is 1050. The van der Waals surface area contributed by atoms with Crippen LogP contribution < -0.4 is 20.5 Å². The second-order valence-corrected chi connectivity index (χ2v) is 8.47. The minimum absolute atomic E-state index is 0.0342. The number of primary amides is 1. The normalized spacial score (nSPS) is 13.2.